The van der Waals surface area contributed by atoms with E-state index in [-0.39, 0.29) is 5.70 Å². The summed E-state index contributed by atoms with van der Waals surface area (Å²) in [7, 11) is 3.06. The summed E-state index contributed by atoms with van der Waals surface area (Å²) in [6, 6.07) is 15.4. The Labute approximate surface area is 174 Å². The number of furan rings is 1. The summed E-state index contributed by atoms with van der Waals surface area (Å²) in [5.41, 5.74) is 1.76. The van der Waals surface area contributed by atoms with Crippen LogP contribution in [0.25, 0.3) is 6.08 Å². The lowest BCUT2D eigenvalue weighted by Crippen LogP contribution is -2.30. The van der Waals surface area contributed by atoms with Crippen molar-refractivity contribution in [2.24, 2.45) is 0 Å². The van der Waals surface area contributed by atoms with Crippen molar-refractivity contribution in [3.8, 4) is 11.5 Å². The summed E-state index contributed by atoms with van der Waals surface area (Å²) in [6.07, 6.45) is 2.95. The van der Waals surface area contributed by atoms with Gasteiger partial charge in [-0.1, -0.05) is 18.2 Å². The molecule has 3 aromatic rings. The second-order valence-corrected chi connectivity index (χ2v) is 6.37. The van der Waals surface area contributed by atoms with E-state index in [1.807, 2.05) is 13.0 Å². The normalized spacial score (nSPS) is 11.0. The molecule has 1 aromatic heterocycles. The first-order chi connectivity index (χ1) is 14.5. The van der Waals surface area contributed by atoms with Crippen molar-refractivity contribution in [1.82, 2.24) is 5.32 Å². The van der Waals surface area contributed by atoms with Gasteiger partial charge in [-0.15, -0.1) is 0 Å². The van der Waals surface area contributed by atoms with Gasteiger partial charge in [0.15, 0.2) is 11.5 Å². The Morgan fingerprint density at radius 2 is 1.67 bits per heavy atom. The highest BCUT2D eigenvalue weighted by Gasteiger charge is 2.17. The van der Waals surface area contributed by atoms with Crippen LogP contribution in [-0.2, 0) is 4.79 Å². The number of anilines is 1. The van der Waals surface area contributed by atoms with Crippen LogP contribution in [0.4, 0.5) is 5.69 Å². The predicted molar refractivity (Wildman–Crippen MR) is 114 cm³/mol. The minimum Gasteiger partial charge on any atom is -0.493 e. The summed E-state index contributed by atoms with van der Waals surface area (Å²) >= 11 is 0. The van der Waals surface area contributed by atoms with Gasteiger partial charge < -0.3 is 24.5 Å². The summed E-state index contributed by atoms with van der Waals surface area (Å²) < 4.78 is 15.9. The lowest BCUT2D eigenvalue weighted by molar-refractivity contribution is -0.113. The summed E-state index contributed by atoms with van der Waals surface area (Å²) in [6.45, 7) is 1.83. The van der Waals surface area contributed by atoms with E-state index in [1.165, 1.54) is 19.4 Å². The van der Waals surface area contributed by atoms with E-state index in [1.54, 1.807) is 55.6 Å². The van der Waals surface area contributed by atoms with Gasteiger partial charge in [0.2, 0.25) is 0 Å². The SMILES string of the molecule is COc1cc(C)c(NC(=O)C(=Cc2ccco2)NC(=O)c2ccccc2)cc1OC. The van der Waals surface area contributed by atoms with Crippen molar-refractivity contribution < 1.29 is 23.5 Å². The molecule has 30 heavy (non-hydrogen) atoms. The molecule has 0 aliphatic heterocycles. The van der Waals surface area contributed by atoms with Gasteiger partial charge in [-0.2, -0.15) is 0 Å². The van der Waals surface area contributed by atoms with Gasteiger partial charge in [0, 0.05) is 23.4 Å². The average molecular weight is 406 g/mol. The molecule has 2 amide bonds. The zero-order valence-corrected chi connectivity index (χ0v) is 16.9. The molecule has 0 fully saturated rings. The first-order valence-electron chi connectivity index (χ1n) is 9.17. The van der Waals surface area contributed by atoms with E-state index in [2.05, 4.69) is 10.6 Å². The Morgan fingerprint density at radius 1 is 0.967 bits per heavy atom. The van der Waals surface area contributed by atoms with E-state index in [9.17, 15) is 9.59 Å². The molecular formula is C23H22N2O5. The zero-order chi connectivity index (χ0) is 21.5. The molecule has 0 saturated carbocycles. The molecule has 154 valence electrons. The molecule has 0 spiro atoms. The molecule has 0 saturated heterocycles. The summed E-state index contributed by atoms with van der Waals surface area (Å²) in [5, 5.41) is 5.46. The molecular weight excluding hydrogens is 384 g/mol. The highest BCUT2D eigenvalue weighted by Crippen LogP contribution is 2.33. The first-order valence-corrected chi connectivity index (χ1v) is 9.17. The van der Waals surface area contributed by atoms with Gasteiger partial charge in [0.1, 0.15) is 11.5 Å². The number of amides is 2. The van der Waals surface area contributed by atoms with Crippen LogP contribution in [0.1, 0.15) is 21.7 Å². The largest absolute Gasteiger partial charge is 0.493 e. The minimum absolute atomic E-state index is 0.0352. The van der Waals surface area contributed by atoms with Crippen LogP contribution >= 0.6 is 0 Å². The number of methoxy groups -OCH3 is 2. The second kappa shape index (κ2) is 9.47. The topological polar surface area (TPSA) is 89.8 Å². The van der Waals surface area contributed by atoms with E-state index < -0.39 is 11.8 Å². The molecule has 1 heterocycles. The van der Waals surface area contributed by atoms with Gasteiger partial charge >= 0.3 is 0 Å². The van der Waals surface area contributed by atoms with Crippen molar-refractivity contribution in [3.63, 3.8) is 0 Å². The Kier molecular flexibility index (Phi) is 6.54. The molecule has 0 aliphatic carbocycles. The summed E-state index contributed by atoms with van der Waals surface area (Å²) in [4.78, 5) is 25.6. The third-order valence-electron chi connectivity index (χ3n) is 4.34. The maximum Gasteiger partial charge on any atom is 0.272 e. The van der Waals surface area contributed by atoms with Crippen molar-refractivity contribution in [1.29, 1.82) is 0 Å². The zero-order valence-electron chi connectivity index (χ0n) is 16.9. The first kappa shape index (κ1) is 20.7. The number of ether oxygens (including phenoxy) is 2. The van der Waals surface area contributed by atoms with Gasteiger partial charge in [0.05, 0.1) is 20.5 Å². The molecule has 0 radical (unpaired) electrons. The number of carbonyl (C=O) groups is 2. The van der Waals surface area contributed by atoms with Crippen LogP contribution in [0.3, 0.4) is 0 Å². The van der Waals surface area contributed by atoms with Crippen molar-refractivity contribution >= 4 is 23.6 Å². The number of hydrogen-bond acceptors (Lipinski definition) is 5. The minimum atomic E-state index is -0.508. The molecule has 2 N–H and O–H groups in total. The van der Waals surface area contributed by atoms with Crippen LogP contribution in [0.15, 0.2) is 71.0 Å². The molecule has 7 heteroatoms. The number of benzene rings is 2. The van der Waals surface area contributed by atoms with E-state index >= 15 is 0 Å². The third kappa shape index (κ3) is 4.88. The van der Waals surface area contributed by atoms with Crippen LogP contribution in [0, 0.1) is 6.92 Å². The lowest BCUT2D eigenvalue weighted by atomic mass is 10.1. The van der Waals surface area contributed by atoms with Gasteiger partial charge in [-0.05, 0) is 42.8 Å². The molecule has 0 atom stereocenters. The number of rotatable bonds is 7. The number of aryl methyl sites for hydroxylation is 1. The molecule has 0 aliphatic rings. The van der Waals surface area contributed by atoms with E-state index in [0.29, 0.717) is 28.5 Å². The molecule has 7 nitrogen and oxygen atoms in total. The van der Waals surface area contributed by atoms with Crippen LogP contribution in [-0.4, -0.2) is 26.0 Å². The highest BCUT2D eigenvalue weighted by atomic mass is 16.5. The lowest BCUT2D eigenvalue weighted by Gasteiger charge is -2.15. The Balaban J connectivity index is 1.89. The summed E-state index contributed by atoms with van der Waals surface area (Å²) in [5.74, 6) is 0.538. The number of hydrogen-bond donors (Lipinski definition) is 2. The van der Waals surface area contributed by atoms with E-state index in [4.69, 9.17) is 13.9 Å². The fourth-order valence-corrected chi connectivity index (χ4v) is 2.76. The number of nitrogens with one attached hydrogen (secondary N) is 2. The quantitative estimate of drug-likeness (QED) is 0.579. The number of carbonyl (C=O) groups excluding carboxylic acids is 2. The standard InChI is InChI=1S/C23H22N2O5/c1-15-12-20(28-2)21(29-3)14-18(15)24-23(27)19(13-17-10-7-11-30-17)25-22(26)16-8-5-4-6-9-16/h4-14H,1-3H3,(H,24,27)(H,25,26). The monoisotopic (exact) mass is 406 g/mol. The fraction of sp³-hybridized carbons (Fsp3) is 0.130. The van der Waals surface area contributed by atoms with Gasteiger partial charge in [-0.25, -0.2) is 0 Å². The van der Waals surface area contributed by atoms with Crippen molar-refractivity contribution in [3.05, 3.63) is 83.4 Å². The van der Waals surface area contributed by atoms with Crippen LogP contribution in [0.2, 0.25) is 0 Å². The van der Waals surface area contributed by atoms with Crippen molar-refractivity contribution in [2.45, 2.75) is 6.92 Å². The Morgan fingerprint density at radius 3 is 2.30 bits per heavy atom. The third-order valence-corrected chi connectivity index (χ3v) is 4.34. The maximum atomic E-state index is 13.0. The molecule has 3 rings (SSSR count). The predicted octanol–water partition coefficient (Wildman–Crippen LogP) is 4.01. The highest BCUT2D eigenvalue weighted by molar-refractivity contribution is 6.10. The van der Waals surface area contributed by atoms with Crippen LogP contribution in [0.5, 0.6) is 11.5 Å². The fourth-order valence-electron chi connectivity index (χ4n) is 2.76. The van der Waals surface area contributed by atoms with Gasteiger partial charge in [0.25, 0.3) is 11.8 Å². The molecule has 0 bridgehead atoms. The Bertz CT molecular complexity index is 1060. The Hall–Kier alpha value is -4.00. The van der Waals surface area contributed by atoms with Crippen molar-refractivity contribution in [2.75, 3.05) is 19.5 Å². The van der Waals surface area contributed by atoms with E-state index in [0.717, 1.165) is 5.56 Å². The van der Waals surface area contributed by atoms with Crippen LogP contribution < -0.4 is 20.1 Å². The smallest absolute Gasteiger partial charge is 0.272 e. The molecule has 0 unspecified atom stereocenters. The average Bonchev–Trinajstić information content (AvgIpc) is 3.28. The van der Waals surface area contributed by atoms with Gasteiger partial charge in [-0.3, -0.25) is 9.59 Å². The molecule has 2 aromatic carbocycles. The maximum absolute atomic E-state index is 13.0. The second-order valence-electron chi connectivity index (χ2n) is 6.37.